The molecular formula is C27H20N2O2. The third-order valence-electron chi connectivity index (χ3n) is 5.89. The van der Waals surface area contributed by atoms with Gasteiger partial charge in [0.1, 0.15) is 11.3 Å². The molecule has 0 aliphatic heterocycles. The predicted octanol–water partition coefficient (Wildman–Crippen LogP) is 7.38. The Bertz CT molecular complexity index is 1600. The average molecular weight is 404 g/mol. The molecule has 0 aliphatic rings. The van der Waals surface area contributed by atoms with E-state index in [4.69, 9.17) is 13.8 Å². The van der Waals surface area contributed by atoms with E-state index in [0.29, 0.717) is 11.4 Å². The van der Waals surface area contributed by atoms with Crippen molar-refractivity contribution in [2.45, 2.75) is 20.8 Å². The summed E-state index contributed by atoms with van der Waals surface area (Å²) in [5, 5.41) is 3.03. The number of para-hydroxylation sites is 1. The van der Waals surface area contributed by atoms with Crippen molar-refractivity contribution >= 4 is 33.2 Å². The summed E-state index contributed by atoms with van der Waals surface area (Å²) >= 11 is 0. The number of hydrogen-bond donors (Lipinski definition) is 0. The SMILES string of the molecule is Cc1ccc2c(n1)oc1c(-c3ccc4cc(-c5c(C)cccc5C)oc4n3)cccc12. The molecule has 6 rings (SSSR count). The number of hydrogen-bond acceptors (Lipinski definition) is 4. The van der Waals surface area contributed by atoms with Crippen LogP contribution in [0.25, 0.3) is 55.7 Å². The van der Waals surface area contributed by atoms with Crippen molar-refractivity contribution in [2.24, 2.45) is 0 Å². The van der Waals surface area contributed by atoms with Crippen LogP contribution in [0.4, 0.5) is 0 Å². The van der Waals surface area contributed by atoms with Gasteiger partial charge in [-0.3, -0.25) is 0 Å². The highest BCUT2D eigenvalue weighted by Gasteiger charge is 2.16. The molecule has 0 fully saturated rings. The van der Waals surface area contributed by atoms with Crippen molar-refractivity contribution in [3.63, 3.8) is 0 Å². The summed E-state index contributed by atoms with van der Waals surface area (Å²) in [6, 6.07) is 22.6. The molecule has 0 saturated carbocycles. The monoisotopic (exact) mass is 404 g/mol. The van der Waals surface area contributed by atoms with E-state index in [1.165, 1.54) is 11.1 Å². The van der Waals surface area contributed by atoms with Crippen LogP contribution in [0.2, 0.25) is 0 Å². The van der Waals surface area contributed by atoms with Gasteiger partial charge in [-0.15, -0.1) is 0 Å². The van der Waals surface area contributed by atoms with Crippen molar-refractivity contribution in [2.75, 3.05) is 0 Å². The lowest BCUT2D eigenvalue weighted by Gasteiger charge is -2.05. The van der Waals surface area contributed by atoms with Crippen LogP contribution in [0.15, 0.2) is 75.6 Å². The van der Waals surface area contributed by atoms with Crippen LogP contribution in [0.3, 0.4) is 0 Å². The summed E-state index contributed by atoms with van der Waals surface area (Å²) in [5.41, 5.74) is 8.25. The van der Waals surface area contributed by atoms with Gasteiger partial charge in [-0.2, -0.15) is 0 Å². The first-order valence-corrected chi connectivity index (χ1v) is 10.3. The first-order chi connectivity index (χ1) is 15.1. The maximum Gasteiger partial charge on any atom is 0.227 e. The molecule has 0 bridgehead atoms. The number of pyridine rings is 2. The van der Waals surface area contributed by atoms with E-state index in [1.807, 2.05) is 31.2 Å². The minimum absolute atomic E-state index is 0.622. The van der Waals surface area contributed by atoms with Crippen LogP contribution >= 0.6 is 0 Å². The number of aryl methyl sites for hydroxylation is 3. The van der Waals surface area contributed by atoms with Gasteiger partial charge in [-0.05, 0) is 68.3 Å². The summed E-state index contributed by atoms with van der Waals surface area (Å²) in [4.78, 5) is 9.39. The topological polar surface area (TPSA) is 52.1 Å². The maximum atomic E-state index is 6.21. The van der Waals surface area contributed by atoms with Crippen LogP contribution in [-0.4, -0.2) is 9.97 Å². The normalized spacial score (nSPS) is 11.7. The van der Waals surface area contributed by atoms with Crippen molar-refractivity contribution in [3.8, 4) is 22.6 Å². The van der Waals surface area contributed by atoms with E-state index in [1.54, 1.807) is 0 Å². The van der Waals surface area contributed by atoms with Gasteiger partial charge >= 0.3 is 0 Å². The molecule has 4 heterocycles. The molecule has 0 radical (unpaired) electrons. The standard InChI is InChI=1S/C27H20N2O2/c1-15-6-4-7-16(2)24(15)23-14-18-11-13-22(29-26(18)30-23)21-9-5-8-19-20-12-10-17(3)28-27(20)31-25(19)21/h4-14H,1-3H3. The number of aromatic nitrogens is 2. The zero-order valence-corrected chi connectivity index (χ0v) is 17.6. The summed E-state index contributed by atoms with van der Waals surface area (Å²) in [6.45, 7) is 6.17. The lowest BCUT2D eigenvalue weighted by atomic mass is 10.0. The van der Waals surface area contributed by atoms with E-state index in [0.717, 1.165) is 50.0 Å². The van der Waals surface area contributed by atoms with E-state index >= 15 is 0 Å². The molecule has 0 N–H and O–H groups in total. The van der Waals surface area contributed by atoms with Crippen LogP contribution in [0, 0.1) is 20.8 Å². The zero-order chi connectivity index (χ0) is 21.1. The second-order valence-electron chi connectivity index (χ2n) is 8.06. The summed E-state index contributed by atoms with van der Waals surface area (Å²) in [6.07, 6.45) is 0. The average Bonchev–Trinajstić information content (AvgIpc) is 3.33. The molecule has 0 amide bonds. The van der Waals surface area contributed by atoms with E-state index in [9.17, 15) is 0 Å². The molecule has 150 valence electrons. The van der Waals surface area contributed by atoms with Gasteiger partial charge in [0.2, 0.25) is 11.4 Å². The number of rotatable bonds is 2. The number of furan rings is 2. The maximum absolute atomic E-state index is 6.21. The Morgan fingerprint density at radius 3 is 2.32 bits per heavy atom. The van der Waals surface area contributed by atoms with Crippen molar-refractivity contribution in [1.29, 1.82) is 0 Å². The van der Waals surface area contributed by atoms with Crippen LogP contribution in [-0.2, 0) is 0 Å². The number of benzene rings is 2. The lowest BCUT2D eigenvalue weighted by Crippen LogP contribution is -1.85. The minimum atomic E-state index is 0.622. The minimum Gasteiger partial charge on any atom is -0.438 e. The third kappa shape index (κ3) is 2.76. The Hall–Kier alpha value is -3.92. The largest absolute Gasteiger partial charge is 0.438 e. The fraction of sp³-hybridized carbons (Fsp3) is 0.111. The first-order valence-electron chi connectivity index (χ1n) is 10.3. The van der Waals surface area contributed by atoms with Gasteiger partial charge in [-0.1, -0.05) is 30.3 Å². The molecule has 4 heteroatoms. The van der Waals surface area contributed by atoms with E-state index < -0.39 is 0 Å². The van der Waals surface area contributed by atoms with Gasteiger partial charge in [0.25, 0.3) is 0 Å². The van der Waals surface area contributed by atoms with Gasteiger partial charge < -0.3 is 8.83 Å². The fourth-order valence-corrected chi connectivity index (χ4v) is 4.37. The highest BCUT2D eigenvalue weighted by atomic mass is 16.3. The quantitative estimate of drug-likeness (QED) is 0.302. The predicted molar refractivity (Wildman–Crippen MR) is 124 cm³/mol. The molecule has 6 aromatic rings. The number of fused-ring (bicyclic) bond motifs is 4. The Balaban J connectivity index is 1.54. The zero-order valence-electron chi connectivity index (χ0n) is 17.6. The second-order valence-corrected chi connectivity index (χ2v) is 8.06. The highest BCUT2D eigenvalue weighted by Crippen LogP contribution is 2.36. The molecule has 0 unspecified atom stereocenters. The van der Waals surface area contributed by atoms with E-state index in [-0.39, 0.29) is 0 Å². The van der Waals surface area contributed by atoms with Crippen LogP contribution < -0.4 is 0 Å². The molecule has 31 heavy (non-hydrogen) atoms. The van der Waals surface area contributed by atoms with E-state index in [2.05, 4.69) is 61.3 Å². The van der Waals surface area contributed by atoms with Gasteiger partial charge in [-0.25, -0.2) is 9.97 Å². The Labute approximate surface area is 179 Å². The number of nitrogens with zero attached hydrogens (tertiary/aromatic N) is 2. The van der Waals surface area contributed by atoms with Gasteiger partial charge in [0.05, 0.1) is 5.69 Å². The smallest absolute Gasteiger partial charge is 0.227 e. The first kappa shape index (κ1) is 17.9. The van der Waals surface area contributed by atoms with Crippen molar-refractivity contribution < 1.29 is 8.83 Å². The molecule has 4 nitrogen and oxygen atoms in total. The van der Waals surface area contributed by atoms with Crippen LogP contribution in [0.1, 0.15) is 16.8 Å². The molecule has 0 atom stereocenters. The highest BCUT2D eigenvalue weighted by molar-refractivity contribution is 6.08. The summed E-state index contributed by atoms with van der Waals surface area (Å²) in [5.74, 6) is 0.844. The van der Waals surface area contributed by atoms with Gasteiger partial charge in [0, 0.05) is 33.0 Å². The summed E-state index contributed by atoms with van der Waals surface area (Å²) in [7, 11) is 0. The molecule has 4 aromatic heterocycles. The van der Waals surface area contributed by atoms with Gasteiger partial charge in [0.15, 0.2) is 0 Å². The lowest BCUT2D eigenvalue weighted by molar-refractivity contribution is 0.618. The second kappa shape index (κ2) is 6.54. The fourth-order valence-electron chi connectivity index (χ4n) is 4.37. The van der Waals surface area contributed by atoms with Crippen molar-refractivity contribution in [3.05, 3.63) is 83.6 Å². The molecule has 0 aliphatic carbocycles. The third-order valence-corrected chi connectivity index (χ3v) is 5.89. The Kier molecular flexibility index (Phi) is 3.78. The molecule has 0 spiro atoms. The van der Waals surface area contributed by atoms with Crippen molar-refractivity contribution in [1.82, 2.24) is 9.97 Å². The Morgan fingerprint density at radius 2 is 1.48 bits per heavy atom. The Morgan fingerprint density at radius 1 is 0.677 bits per heavy atom. The molecular weight excluding hydrogens is 384 g/mol. The molecule has 2 aromatic carbocycles. The summed E-state index contributed by atoms with van der Waals surface area (Å²) < 4.78 is 12.4. The molecule has 0 saturated heterocycles. The van der Waals surface area contributed by atoms with Crippen LogP contribution in [0.5, 0.6) is 0 Å².